The van der Waals surface area contributed by atoms with Gasteiger partial charge in [-0.05, 0) is 42.0 Å². The summed E-state index contributed by atoms with van der Waals surface area (Å²) >= 11 is 6.22. The van der Waals surface area contributed by atoms with Crippen LogP contribution in [0.4, 0.5) is 0 Å². The van der Waals surface area contributed by atoms with Gasteiger partial charge in [-0.1, -0.05) is 17.7 Å². The molecule has 1 aliphatic rings. The highest BCUT2D eigenvalue weighted by Crippen LogP contribution is 2.32. The fourth-order valence-electron chi connectivity index (χ4n) is 2.77. The van der Waals surface area contributed by atoms with Crippen LogP contribution in [0.5, 0.6) is 17.2 Å². The predicted molar refractivity (Wildman–Crippen MR) is 105 cm³/mol. The average Bonchev–Trinajstić information content (AvgIpc) is 3.18. The molecule has 0 atom stereocenters. The number of pyridine rings is 1. The quantitative estimate of drug-likeness (QED) is 0.361. The monoisotopic (exact) mass is 397 g/mol. The van der Waals surface area contributed by atoms with E-state index >= 15 is 0 Å². The van der Waals surface area contributed by atoms with E-state index in [-0.39, 0.29) is 18.6 Å². The van der Waals surface area contributed by atoms with Crippen LogP contribution in [-0.2, 0) is 16.1 Å². The summed E-state index contributed by atoms with van der Waals surface area (Å²) in [5.74, 6) is 1.56. The summed E-state index contributed by atoms with van der Waals surface area (Å²) < 4.78 is 21.0. The van der Waals surface area contributed by atoms with Gasteiger partial charge in [0.1, 0.15) is 17.5 Å². The number of carbonyl (C=O) groups excluding carboxylic acids is 1. The van der Waals surface area contributed by atoms with Crippen LogP contribution in [0.15, 0.2) is 48.5 Å². The largest absolute Gasteiger partial charge is 0.497 e. The summed E-state index contributed by atoms with van der Waals surface area (Å²) in [7, 11) is 1.59. The standard InChI is InChI=1S/C21H16ClNO5/c1-25-16-5-4-14-9-15(21(22)23-17(14)10-16)11-26-20(24)7-3-13-2-6-18-19(8-13)28-12-27-18/h2-10H,11-12H2,1H3/b7-3-. The molecule has 0 fully saturated rings. The lowest BCUT2D eigenvalue weighted by Crippen LogP contribution is -2.02. The maximum atomic E-state index is 12.0. The van der Waals surface area contributed by atoms with Gasteiger partial charge in [-0.3, -0.25) is 0 Å². The van der Waals surface area contributed by atoms with Crippen molar-refractivity contribution in [2.75, 3.05) is 13.9 Å². The van der Waals surface area contributed by atoms with Crippen molar-refractivity contribution in [3.05, 3.63) is 64.8 Å². The number of benzene rings is 2. The van der Waals surface area contributed by atoms with Crippen LogP contribution in [-0.4, -0.2) is 24.9 Å². The third kappa shape index (κ3) is 3.87. The maximum Gasteiger partial charge on any atom is 0.331 e. The van der Waals surface area contributed by atoms with Crippen molar-refractivity contribution >= 4 is 34.5 Å². The number of nitrogens with zero attached hydrogens (tertiary/aromatic N) is 1. The van der Waals surface area contributed by atoms with E-state index in [1.54, 1.807) is 31.4 Å². The first-order valence-electron chi connectivity index (χ1n) is 8.50. The van der Waals surface area contributed by atoms with E-state index in [1.807, 2.05) is 24.3 Å². The van der Waals surface area contributed by atoms with Gasteiger partial charge in [0.2, 0.25) is 6.79 Å². The van der Waals surface area contributed by atoms with E-state index in [4.69, 9.17) is 30.5 Å². The van der Waals surface area contributed by atoms with Crippen LogP contribution < -0.4 is 14.2 Å². The minimum Gasteiger partial charge on any atom is -0.497 e. The third-order valence-electron chi connectivity index (χ3n) is 4.23. The van der Waals surface area contributed by atoms with Gasteiger partial charge < -0.3 is 18.9 Å². The summed E-state index contributed by atoms with van der Waals surface area (Å²) in [5, 5.41) is 1.17. The van der Waals surface area contributed by atoms with Gasteiger partial charge in [0, 0.05) is 23.1 Å². The number of halogens is 1. The van der Waals surface area contributed by atoms with Gasteiger partial charge in [-0.25, -0.2) is 9.78 Å². The molecule has 0 N–H and O–H groups in total. The number of methoxy groups -OCH3 is 1. The highest BCUT2D eigenvalue weighted by atomic mass is 35.5. The first-order chi connectivity index (χ1) is 13.6. The number of hydrogen-bond donors (Lipinski definition) is 0. The molecule has 1 aliphatic heterocycles. The van der Waals surface area contributed by atoms with Crippen molar-refractivity contribution in [3.63, 3.8) is 0 Å². The van der Waals surface area contributed by atoms with Crippen molar-refractivity contribution in [2.45, 2.75) is 6.61 Å². The molecular weight excluding hydrogens is 382 g/mol. The molecule has 28 heavy (non-hydrogen) atoms. The molecule has 4 rings (SSSR count). The molecule has 142 valence electrons. The lowest BCUT2D eigenvalue weighted by atomic mass is 10.1. The smallest absolute Gasteiger partial charge is 0.331 e. The number of hydrogen-bond acceptors (Lipinski definition) is 6. The molecule has 0 amide bonds. The molecule has 0 bridgehead atoms. The number of esters is 1. The predicted octanol–water partition coefficient (Wildman–Crippen LogP) is 4.38. The average molecular weight is 398 g/mol. The molecule has 0 saturated carbocycles. The minimum absolute atomic E-state index is 0.0259. The molecule has 6 nitrogen and oxygen atoms in total. The van der Waals surface area contributed by atoms with E-state index in [1.165, 1.54) is 6.08 Å². The molecule has 1 aromatic heterocycles. The minimum atomic E-state index is -0.483. The van der Waals surface area contributed by atoms with E-state index in [9.17, 15) is 4.79 Å². The lowest BCUT2D eigenvalue weighted by Gasteiger charge is -2.07. The van der Waals surface area contributed by atoms with Gasteiger partial charge in [-0.2, -0.15) is 0 Å². The van der Waals surface area contributed by atoms with Crippen molar-refractivity contribution in [2.24, 2.45) is 0 Å². The van der Waals surface area contributed by atoms with Crippen LogP contribution in [0.1, 0.15) is 11.1 Å². The van der Waals surface area contributed by atoms with Crippen molar-refractivity contribution in [1.82, 2.24) is 4.98 Å². The Morgan fingerprint density at radius 3 is 2.89 bits per heavy atom. The molecule has 0 unspecified atom stereocenters. The lowest BCUT2D eigenvalue weighted by molar-refractivity contribution is -0.138. The molecule has 0 saturated heterocycles. The zero-order valence-corrected chi connectivity index (χ0v) is 15.7. The van der Waals surface area contributed by atoms with Gasteiger partial charge in [0.25, 0.3) is 0 Å². The van der Waals surface area contributed by atoms with Crippen LogP contribution in [0, 0.1) is 0 Å². The summed E-state index contributed by atoms with van der Waals surface area (Å²) in [4.78, 5) is 16.4. The third-order valence-corrected chi connectivity index (χ3v) is 4.56. The molecule has 2 heterocycles. The fourth-order valence-corrected chi connectivity index (χ4v) is 2.97. The zero-order valence-electron chi connectivity index (χ0n) is 15.0. The van der Waals surface area contributed by atoms with Gasteiger partial charge in [0.05, 0.1) is 12.6 Å². The number of carbonyl (C=O) groups is 1. The Morgan fingerprint density at radius 2 is 2.04 bits per heavy atom. The first-order valence-corrected chi connectivity index (χ1v) is 8.88. The van der Waals surface area contributed by atoms with E-state index in [2.05, 4.69) is 4.98 Å². The Labute approximate surface area is 166 Å². The number of rotatable bonds is 5. The van der Waals surface area contributed by atoms with E-state index in [0.29, 0.717) is 28.3 Å². The first kappa shape index (κ1) is 18.1. The molecule has 3 aromatic rings. The van der Waals surface area contributed by atoms with Crippen molar-refractivity contribution in [3.8, 4) is 17.2 Å². The molecule has 7 heteroatoms. The van der Waals surface area contributed by atoms with Crippen molar-refractivity contribution in [1.29, 1.82) is 0 Å². The summed E-state index contributed by atoms with van der Waals surface area (Å²) in [6, 6.07) is 12.8. The van der Waals surface area contributed by atoms with Gasteiger partial charge >= 0.3 is 5.97 Å². The second-order valence-electron chi connectivity index (χ2n) is 6.05. The number of aromatic nitrogens is 1. The zero-order chi connectivity index (χ0) is 19.5. The Hall–Kier alpha value is -3.25. The van der Waals surface area contributed by atoms with Crippen LogP contribution in [0.25, 0.3) is 17.0 Å². The Bertz CT molecular complexity index is 1080. The summed E-state index contributed by atoms with van der Waals surface area (Å²) in [5.41, 5.74) is 2.15. The maximum absolute atomic E-state index is 12.0. The highest BCUT2D eigenvalue weighted by molar-refractivity contribution is 6.30. The number of fused-ring (bicyclic) bond motifs is 2. The fraction of sp³-hybridized carbons (Fsp3) is 0.143. The van der Waals surface area contributed by atoms with Crippen LogP contribution in [0.2, 0.25) is 5.15 Å². The molecule has 0 spiro atoms. The molecular formula is C21H16ClNO5. The van der Waals surface area contributed by atoms with Gasteiger partial charge in [-0.15, -0.1) is 0 Å². The number of ether oxygens (including phenoxy) is 4. The Morgan fingerprint density at radius 1 is 1.18 bits per heavy atom. The molecule has 0 radical (unpaired) electrons. The van der Waals surface area contributed by atoms with Crippen LogP contribution in [0.3, 0.4) is 0 Å². The second kappa shape index (κ2) is 7.78. The van der Waals surface area contributed by atoms with E-state index in [0.717, 1.165) is 10.9 Å². The topological polar surface area (TPSA) is 66.9 Å². The summed E-state index contributed by atoms with van der Waals surface area (Å²) in [6.45, 7) is 0.232. The molecule has 0 aliphatic carbocycles. The van der Waals surface area contributed by atoms with E-state index < -0.39 is 5.97 Å². The second-order valence-corrected chi connectivity index (χ2v) is 6.41. The Balaban J connectivity index is 1.42. The van der Waals surface area contributed by atoms with Crippen molar-refractivity contribution < 1.29 is 23.7 Å². The Kier molecular flexibility index (Phi) is 5.04. The highest BCUT2D eigenvalue weighted by Gasteiger charge is 2.12. The normalized spacial score (nSPS) is 12.5. The molecule has 2 aromatic carbocycles. The SMILES string of the molecule is COc1ccc2cc(COC(=O)/C=C\c3ccc4c(c3)OCO4)c(Cl)nc2c1. The summed E-state index contributed by atoms with van der Waals surface area (Å²) in [6.07, 6.45) is 3.00. The van der Waals surface area contributed by atoms with Gasteiger partial charge in [0.15, 0.2) is 11.5 Å². The van der Waals surface area contributed by atoms with Crippen LogP contribution >= 0.6 is 11.6 Å².